The van der Waals surface area contributed by atoms with Crippen molar-refractivity contribution in [2.75, 3.05) is 26.2 Å². The Labute approximate surface area is 160 Å². The van der Waals surface area contributed by atoms with Gasteiger partial charge in [-0.25, -0.2) is 0 Å². The van der Waals surface area contributed by atoms with Gasteiger partial charge in [-0.3, -0.25) is 9.59 Å². The van der Waals surface area contributed by atoms with Crippen LogP contribution in [0.25, 0.3) is 11.3 Å². The van der Waals surface area contributed by atoms with E-state index in [-0.39, 0.29) is 17.0 Å². The first kappa shape index (κ1) is 19.4. The predicted molar refractivity (Wildman–Crippen MR) is 109 cm³/mol. The Bertz CT molecular complexity index is 793. The molecule has 1 aromatic heterocycles. The molecule has 27 heavy (non-hydrogen) atoms. The summed E-state index contributed by atoms with van der Waals surface area (Å²) in [4.78, 5) is 29.8. The lowest BCUT2D eigenvalue weighted by Crippen LogP contribution is -2.34. The summed E-state index contributed by atoms with van der Waals surface area (Å²) in [5.74, 6) is 0.551. The van der Waals surface area contributed by atoms with Crippen molar-refractivity contribution < 1.29 is 4.79 Å². The molecule has 0 saturated carbocycles. The van der Waals surface area contributed by atoms with Crippen LogP contribution in [0.4, 0.5) is 0 Å². The maximum atomic E-state index is 12.3. The number of piperidine rings is 1. The molecule has 0 atom stereocenters. The largest absolute Gasteiger partial charge is 0.352 e. The fraction of sp³-hybridized carbons (Fsp3) is 0.455. The van der Waals surface area contributed by atoms with E-state index < -0.39 is 0 Å². The molecule has 5 nitrogen and oxygen atoms in total. The number of rotatable bonds is 7. The second-order valence-corrected chi connectivity index (χ2v) is 7.47. The van der Waals surface area contributed by atoms with Gasteiger partial charge in [-0.2, -0.15) is 0 Å². The van der Waals surface area contributed by atoms with Crippen LogP contribution in [0.2, 0.25) is 0 Å². The van der Waals surface area contributed by atoms with E-state index in [1.165, 1.54) is 25.9 Å². The molecule has 1 aliphatic rings. The number of H-pyrrole nitrogens is 1. The molecule has 1 fully saturated rings. The Morgan fingerprint density at radius 3 is 2.56 bits per heavy atom. The second kappa shape index (κ2) is 9.51. The molecule has 1 saturated heterocycles. The predicted octanol–water partition coefficient (Wildman–Crippen LogP) is 3.28. The maximum absolute atomic E-state index is 12.3. The van der Waals surface area contributed by atoms with Crippen LogP contribution in [0.3, 0.4) is 0 Å². The lowest BCUT2D eigenvalue weighted by Gasteiger charge is -2.30. The van der Waals surface area contributed by atoms with Crippen molar-refractivity contribution in [1.82, 2.24) is 15.2 Å². The Morgan fingerprint density at radius 1 is 1.11 bits per heavy atom. The van der Waals surface area contributed by atoms with Crippen LogP contribution >= 0.6 is 0 Å². The molecule has 0 radical (unpaired) electrons. The standard InChI is InChI=1S/C22H29N3O2/c1-17-11-15-25(16-12-17)14-6-5-13-23-21(26)19-9-10-20(24-22(19)27)18-7-3-2-4-8-18/h2-4,7-10,17H,5-6,11-16H2,1H3,(H,23,26)(H,24,27). The first-order valence-electron chi connectivity index (χ1n) is 9.93. The van der Waals surface area contributed by atoms with Gasteiger partial charge in [0.25, 0.3) is 11.5 Å². The highest BCUT2D eigenvalue weighted by molar-refractivity contribution is 5.94. The number of benzene rings is 1. The quantitative estimate of drug-likeness (QED) is 0.738. The highest BCUT2D eigenvalue weighted by atomic mass is 16.2. The SMILES string of the molecule is CC1CCN(CCCCNC(=O)c2ccc(-c3ccccc3)[nH]c2=O)CC1. The number of unbranched alkanes of at least 4 members (excludes halogenated alkanes) is 1. The lowest BCUT2D eigenvalue weighted by atomic mass is 9.99. The number of carbonyl (C=O) groups excluding carboxylic acids is 1. The second-order valence-electron chi connectivity index (χ2n) is 7.47. The molecule has 0 bridgehead atoms. The highest BCUT2D eigenvalue weighted by Crippen LogP contribution is 2.16. The molecule has 2 heterocycles. The summed E-state index contributed by atoms with van der Waals surface area (Å²) < 4.78 is 0. The summed E-state index contributed by atoms with van der Waals surface area (Å²) >= 11 is 0. The number of carbonyl (C=O) groups is 1. The number of amides is 1. The van der Waals surface area contributed by atoms with Crippen LogP contribution in [-0.2, 0) is 0 Å². The van der Waals surface area contributed by atoms with Gasteiger partial charge >= 0.3 is 0 Å². The van der Waals surface area contributed by atoms with E-state index in [2.05, 4.69) is 22.1 Å². The fourth-order valence-electron chi connectivity index (χ4n) is 3.48. The van der Waals surface area contributed by atoms with Gasteiger partial charge in [0.15, 0.2) is 0 Å². The summed E-state index contributed by atoms with van der Waals surface area (Å²) in [5, 5.41) is 2.87. The molecule has 0 unspecified atom stereocenters. The first-order chi connectivity index (χ1) is 13.1. The van der Waals surface area contributed by atoms with Gasteiger partial charge in [0, 0.05) is 12.2 Å². The van der Waals surface area contributed by atoms with Gasteiger partial charge in [-0.1, -0.05) is 37.3 Å². The third-order valence-corrected chi connectivity index (χ3v) is 5.30. The van der Waals surface area contributed by atoms with Crippen molar-refractivity contribution in [3.8, 4) is 11.3 Å². The van der Waals surface area contributed by atoms with Gasteiger partial charge in [0.2, 0.25) is 0 Å². The third-order valence-electron chi connectivity index (χ3n) is 5.30. The molecule has 1 aromatic carbocycles. The zero-order valence-corrected chi connectivity index (χ0v) is 16.0. The minimum Gasteiger partial charge on any atom is -0.352 e. The molecule has 0 spiro atoms. The first-order valence-corrected chi connectivity index (χ1v) is 9.93. The normalized spacial score (nSPS) is 15.6. The number of likely N-dealkylation sites (tertiary alicyclic amines) is 1. The minimum absolute atomic E-state index is 0.166. The van der Waals surface area contributed by atoms with Crippen LogP contribution < -0.4 is 10.9 Å². The number of hydrogen-bond acceptors (Lipinski definition) is 3. The van der Waals surface area contributed by atoms with Crippen LogP contribution in [0.15, 0.2) is 47.3 Å². The Hall–Kier alpha value is -2.40. The van der Waals surface area contributed by atoms with Crippen LogP contribution in [-0.4, -0.2) is 42.0 Å². The summed E-state index contributed by atoms with van der Waals surface area (Å²) in [6, 6.07) is 13.0. The minimum atomic E-state index is -0.351. The van der Waals surface area contributed by atoms with E-state index in [4.69, 9.17) is 0 Å². The number of hydrogen-bond donors (Lipinski definition) is 2. The van der Waals surface area contributed by atoms with Crippen molar-refractivity contribution in [3.05, 3.63) is 58.4 Å². The van der Waals surface area contributed by atoms with E-state index in [1.807, 2.05) is 30.3 Å². The number of nitrogens with zero attached hydrogens (tertiary/aromatic N) is 1. The monoisotopic (exact) mass is 367 g/mol. The van der Waals surface area contributed by atoms with Crippen molar-refractivity contribution in [2.45, 2.75) is 32.6 Å². The third kappa shape index (κ3) is 5.54. The van der Waals surface area contributed by atoms with Crippen molar-refractivity contribution >= 4 is 5.91 Å². The molecule has 2 aromatic rings. The average Bonchev–Trinajstić information content (AvgIpc) is 2.69. The van der Waals surface area contributed by atoms with Gasteiger partial charge < -0.3 is 15.2 Å². The van der Waals surface area contributed by atoms with E-state index in [9.17, 15) is 9.59 Å². The summed E-state index contributed by atoms with van der Waals surface area (Å²) in [6.45, 7) is 6.40. The average molecular weight is 367 g/mol. The topological polar surface area (TPSA) is 65.2 Å². The Morgan fingerprint density at radius 2 is 1.85 bits per heavy atom. The van der Waals surface area contributed by atoms with Gasteiger partial charge in [-0.05, 0) is 68.9 Å². The molecule has 1 amide bonds. The van der Waals surface area contributed by atoms with Crippen molar-refractivity contribution in [1.29, 1.82) is 0 Å². The maximum Gasteiger partial charge on any atom is 0.261 e. The lowest BCUT2D eigenvalue weighted by molar-refractivity contribution is 0.0950. The summed E-state index contributed by atoms with van der Waals surface area (Å²) in [5.41, 5.74) is 1.46. The van der Waals surface area contributed by atoms with E-state index in [0.29, 0.717) is 12.2 Å². The molecule has 2 N–H and O–H groups in total. The Balaban J connectivity index is 1.44. The molecule has 144 valence electrons. The molecule has 0 aliphatic carbocycles. The van der Waals surface area contributed by atoms with Crippen molar-refractivity contribution in [2.24, 2.45) is 5.92 Å². The van der Waals surface area contributed by atoms with E-state index in [0.717, 1.165) is 30.9 Å². The van der Waals surface area contributed by atoms with Crippen LogP contribution in [0.5, 0.6) is 0 Å². The molecule has 5 heteroatoms. The number of nitrogens with one attached hydrogen (secondary N) is 2. The van der Waals surface area contributed by atoms with Crippen LogP contribution in [0, 0.1) is 5.92 Å². The number of pyridine rings is 1. The van der Waals surface area contributed by atoms with E-state index in [1.54, 1.807) is 12.1 Å². The van der Waals surface area contributed by atoms with Crippen LogP contribution in [0.1, 0.15) is 43.0 Å². The zero-order chi connectivity index (χ0) is 19.1. The summed E-state index contributed by atoms with van der Waals surface area (Å²) in [6.07, 6.45) is 4.58. The summed E-state index contributed by atoms with van der Waals surface area (Å²) in [7, 11) is 0. The molecule has 3 rings (SSSR count). The van der Waals surface area contributed by atoms with Crippen molar-refractivity contribution in [3.63, 3.8) is 0 Å². The van der Waals surface area contributed by atoms with E-state index >= 15 is 0 Å². The fourth-order valence-corrected chi connectivity index (χ4v) is 3.48. The zero-order valence-electron chi connectivity index (χ0n) is 16.0. The Kier molecular flexibility index (Phi) is 6.82. The van der Waals surface area contributed by atoms with Gasteiger partial charge in [0.1, 0.15) is 5.56 Å². The molecular weight excluding hydrogens is 338 g/mol. The molecule has 1 aliphatic heterocycles. The smallest absolute Gasteiger partial charge is 0.261 e. The van der Waals surface area contributed by atoms with Gasteiger partial charge in [-0.15, -0.1) is 0 Å². The number of aromatic amines is 1. The van der Waals surface area contributed by atoms with Gasteiger partial charge in [0.05, 0.1) is 0 Å². The number of aromatic nitrogens is 1. The molecular formula is C22H29N3O2. The highest BCUT2D eigenvalue weighted by Gasteiger charge is 2.15.